The Kier molecular flexibility index (Phi) is 6.38. The number of sulfone groups is 1. The smallest absolute Gasteiger partial charge is 0.257 e. The predicted molar refractivity (Wildman–Crippen MR) is 120 cm³/mol. The lowest BCUT2D eigenvalue weighted by Gasteiger charge is -2.18. The molecule has 0 spiro atoms. The van der Waals surface area contributed by atoms with Gasteiger partial charge in [0.25, 0.3) is 5.91 Å². The molecular weight excluding hydrogens is 418 g/mol. The average molecular weight is 444 g/mol. The Labute approximate surface area is 181 Å². The molecule has 0 aliphatic rings. The number of carbonyl (C=O) groups is 1. The van der Waals surface area contributed by atoms with Gasteiger partial charge in [-0.3, -0.25) is 10.1 Å². The van der Waals surface area contributed by atoms with Crippen molar-refractivity contribution in [2.24, 2.45) is 0 Å². The van der Waals surface area contributed by atoms with Crippen molar-refractivity contribution in [3.63, 3.8) is 0 Å². The number of amides is 1. The first-order chi connectivity index (χ1) is 14.0. The molecule has 2 aromatic carbocycles. The van der Waals surface area contributed by atoms with Crippen LogP contribution in [0.3, 0.4) is 0 Å². The van der Waals surface area contributed by atoms with E-state index in [-0.39, 0.29) is 23.5 Å². The Balaban J connectivity index is 1.61. The molecule has 0 atom stereocenters. The summed E-state index contributed by atoms with van der Waals surface area (Å²) >= 11 is 1.18. The van der Waals surface area contributed by atoms with Crippen LogP contribution in [-0.4, -0.2) is 30.3 Å². The summed E-state index contributed by atoms with van der Waals surface area (Å²) in [6, 6.07) is 14.2. The third kappa shape index (κ3) is 5.52. The molecule has 0 unspecified atom stereocenters. The predicted octanol–water partition coefficient (Wildman–Crippen LogP) is 4.41. The molecule has 0 aliphatic carbocycles. The minimum Gasteiger partial charge on any atom is -0.296 e. The number of anilines is 1. The van der Waals surface area contributed by atoms with Crippen LogP contribution in [0.25, 0.3) is 0 Å². The third-order valence-electron chi connectivity index (χ3n) is 4.67. The Morgan fingerprint density at radius 1 is 1.00 bits per heavy atom. The van der Waals surface area contributed by atoms with Gasteiger partial charge in [-0.1, -0.05) is 61.9 Å². The van der Waals surface area contributed by atoms with Crippen LogP contribution in [0.1, 0.15) is 47.3 Å². The molecule has 0 fully saturated rings. The van der Waals surface area contributed by atoms with Gasteiger partial charge in [-0.15, -0.1) is 10.2 Å². The van der Waals surface area contributed by atoms with Crippen molar-refractivity contribution in [3.05, 3.63) is 70.2 Å². The van der Waals surface area contributed by atoms with Crippen LogP contribution in [0.2, 0.25) is 0 Å². The van der Waals surface area contributed by atoms with Crippen molar-refractivity contribution in [2.45, 2.75) is 44.4 Å². The molecule has 158 valence electrons. The molecule has 0 saturated carbocycles. The van der Waals surface area contributed by atoms with E-state index in [0.717, 1.165) is 11.1 Å². The van der Waals surface area contributed by atoms with Gasteiger partial charge < -0.3 is 0 Å². The van der Waals surface area contributed by atoms with Crippen LogP contribution < -0.4 is 5.32 Å². The van der Waals surface area contributed by atoms with E-state index >= 15 is 0 Å². The summed E-state index contributed by atoms with van der Waals surface area (Å²) in [4.78, 5) is 12.7. The molecule has 0 bridgehead atoms. The van der Waals surface area contributed by atoms with E-state index in [0.29, 0.717) is 20.6 Å². The quantitative estimate of drug-likeness (QED) is 0.609. The fourth-order valence-corrected chi connectivity index (χ4v) is 4.89. The number of aryl methyl sites for hydroxylation is 2. The highest BCUT2D eigenvalue weighted by Crippen LogP contribution is 2.23. The summed E-state index contributed by atoms with van der Waals surface area (Å²) in [5.41, 5.74) is 2.70. The van der Waals surface area contributed by atoms with Crippen molar-refractivity contribution < 1.29 is 13.2 Å². The number of nitrogens with zero attached hydrogens (tertiary/aromatic N) is 2. The third-order valence-corrected chi connectivity index (χ3v) is 7.30. The first-order valence-electron chi connectivity index (χ1n) is 9.58. The van der Waals surface area contributed by atoms with Crippen molar-refractivity contribution in [1.82, 2.24) is 10.2 Å². The Morgan fingerprint density at radius 2 is 1.63 bits per heavy atom. The Bertz CT molecular complexity index is 1130. The fraction of sp³-hybridized carbons (Fsp3) is 0.318. The van der Waals surface area contributed by atoms with Crippen molar-refractivity contribution in [2.75, 3.05) is 11.1 Å². The van der Waals surface area contributed by atoms with E-state index in [1.165, 1.54) is 11.3 Å². The summed E-state index contributed by atoms with van der Waals surface area (Å²) in [7, 11) is -3.40. The maximum absolute atomic E-state index is 12.5. The average Bonchev–Trinajstić information content (AvgIpc) is 3.14. The minimum absolute atomic E-state index is 0.0159. The second-order valence-electron chi connectivity index (χ2n) is 8.16. The zero-order valence-electron chi connectivity index (χ0n) is 17.5. The van der Waals surface area contributed by atoms with Crippen molar-refractivity contribution >= 4 is 32.2 Å². The van der Waals surface area contributed by atoms with Crippen molar-refractivity contribution in [1.29, 1.82) is 0 Å². The Hall–Kier alpha value is -2.58. The van der Waals surface area contributed by atoms with Gasteiger partial charge in [0.2, 0.25) is 5.13 Å². The van der Waals surface area contributed by atoms with Crippen LogP contribution >= 0.6 is 11.3 Å². The fourth-order valence-electron chi connectivity index (χ4n) is 2.78. The lowest BCUT2D eigenvalue weighted by atomic mass is 9.87. The molecule has 0 saturated heterocycles. The van der Waals surface area contributed by atoms with Gasteiger partial charge in [0, 0.05) is 12.0 Å². The maximum atomic E-state index is 12.5. The number of hydrogen-bond donors (Lipinski definition) is 1. The van der Waals surface area contributed by atoms with Gasteiger partial charge in [-0.2, -0.15) is 0 Å². The lowest BCUT2D eigenvalue weighted by Crippen LogP contribution is -2.14. The van der Waals surface area contributed by atoms with Gasteiger partial charge in [0.05, 0.1) is 10.6 Å². The Morgan fingerprint density at radius 3 is 2.23 bits per heavy atom. The second-order valence-corrected chi connectivity index (χ2v) is 11.3. The largest absolute Gasteiger partial charge is 0.296 e. The van der Waals surface area contributed by atoms with Gasteiger partial charge in [0.1, 0.15) is 5.01 Å². The van der Waals surface area contributed by atoms with Gasteiger partial charge >= 0.3 is 0 Å². The van der Waals surface area contributed by atoms with Crippen molar-refractivity contribution in [3.8, 4) is 0 Å². The van der Waals surface area contributed by atoms with E-state index in [4.69, 9.17) is 0 Å². The molecule has 1 N–H and O–H groups in total. The molecular formula is C22H25N3O3S2. The van der Waals surface area contributed by atoms with Gasteiger partial charge in [0.15, 0.2) is 9.84 Å². The summed E-state index contributed by atoms with van der Waals surface area (Å²) in [6.07, 6.45) is 0.240. The van der Waals surface area contributed by atoms with Crippen LogP contribution in [0.4, 0.5) is 5.13 Å². The summed E-state index contributed by atoms with van der Waals surface area (Å²) in [5.74, 6) is -0.335. The topological polar surface area (TPSA) is 89.0 Å². The monoisotopic (exact) mass is 443 g/mol. The number of benzene rings is 2. The van der Waals surface area contributed by atoms with E-state index in [9.17, 15) is 13.2 Å². The lowest BCUT2D eigenvalue weighted by molar-refractivity contribution is 0.102. The van der Waals surface area contributed by atoms with Crippen LogP contribution in [0.15, 0.2) is 53.4 Å². The number of aromatic nitrogens is 2. The summed E-state index contributed by atoms with van der Waals surface area (Å²) in [5, 5.41) is 11.6. The number of rotatable bonds is 6. The first kappa shape index (κ1) is 22.1. The summed E-state index contributed by atoms with van der Waals surface area (Å²) in [6.45, 7) is 8.25. The number of hydrogen-bond acceptors (Lipinski definition) is 6. The second kappa shape index (κ2) is 8.65. The van der Waals surface area contributed by atoms with Crippen LogP contribution in [0.5, 0.6) is 0 Å². The van der Waals surface area contributed by atoms with Crippen LogP contribution in [0, 0.1) is 6.92 Å². The number of carbonyl (C=O) groups excluding carboxylic acids is 1. The maximum Gasteiger partial charge on any atom is 0.257 e. The van der Waals surface area contributed by atoms with E-state index < -0.39 is 9.84 Å². The molecule has 1 aromatic heterocycles. The normalized spacial score (nSPS) is 12.0. The highest BCUT2D eigenvalue weighted by molar-refractivity contribution is 7.91. The van der Waals surface area contributed by atoms with Gasteiger partial charge in [-0.05, 0) is 42.2 Å². The molecule has 30 heavy (non-hydrogen) atoms. The first-order valence-corrected chi connectivity index (χ1v) is 12.1. The molecule has 0 aliphatic heterocycles. The zero-order chi connectivity index (χ0) is 21.9. The molecule has 3 aromatic rings. The molecule has 6 nitrogen and oxygen atoms in total. The summed E-state index contributed by atoms with van der Waals surface area (Å²) < 4.78 is 24.9. The molecule has 3 rings (SSSR count). The number of nitrogens with one attached hydrogen (secondary N) is 1. The standard InChI is InChI=1S/C22H25N3O3S2/c1-15-5-11-18(12-6-15)30(27,28)14-13-19-24-25-21(29-19)23-20(26)16-7-9-17(10-8-16)22(2,3)4/h5-12H,13-14H2,1-4H3,(H,23,25,26). The molecule has 1 heterocycles. The van der Waals surface area contributed by atoms with E-state index in [1.807, 2.05) is 19.1 Å². The van der Waals surface area contributed by atoms with E-state index in [1.54, 1.807) is 36.4 Å². The van der Waals surface area contributed by atoms with E-state index in [2.05, 4.69) is 36.3 Å². The molecule has 1 amide bonds. The SMILES string of the molecule is Cc1ccc(S(=O)(=O)CCc2nnc(NC(=O)c3ccc(C(C)(C)C)cc3)s2)cc1. The zero-order valence-corrected chi connectivity index (χ0v) is 19.1. The molecule has 8 heteroatoms. The van der Waals surface area contributed by atoms with Gasteiger partial charge in [-0.25, -0.2) is 8.42 Å². The van der Waals surface area contributed by atoms with Crippen LogP contribution in [-0.2, 0) is 21.7 Å². The molecule has 0 radical (unpaired) electrons. The minimum atomic E-state index is -3.40. The highest BCUT2D eigenvalue weighted by Gasteiger charge is 2.17. The highest BCUT2D eigenvalue weighted by atomic mass is 32.2.